The van der Waals surface area contributed by atoms with Gasteiger partial charge in [-0.25, -0.2) is 4.98 Å². The van der Waals surface area contributed by atoms with Crippen LogP contribution in [0.25, 0.3) is 10.2 Å². The number of thiazole rings is 1. The maximum Gasteiger partial charge on any atom is 0.227 e. The molecular formula is C21H23N3O2S. The Bertz CT molecular complexity index is 944. The zero-order valence-electron chi connectivity index (χ0n) is 15.6. The molecule has 0 unspecified atom stereocenters. The van der Waals surface area contributed by atoms with E-state index in [4.69, 9.17) is 9.72 Å². The molecular weight excluding hydrogens is 358 g/mol. The Labute approximate surface area is 163 Å². The molecule has 5 nitrogen and oxygen atoms in total. The maximum absolute atomic E-state index is 12.6. The molecule has 0 radical (unpaired) electrons. The van der Waals surface area contributed by atoms with Crippen LogP contribution in [0.15, 0.2) is 42.5 Å². The lowest BCUT2D eigenvalue weighted by atomic mass is 10.1. The fourth-order valence-electron chi connectivity index (χ4n) is 3.39. The number of carbonyl (C=O) groups excluding carboxylic acids is 1. The predicted octanol–water partition coefficient (Wildman–Crippen LogP) is 3.50. The molecule has 0 spiro atoms. The molecule has 2 aromatic carbocycles. The Morgan fingerprint density at radius 1 is 1.11 bits per heavy atom. The smallest absolute Gasteiger partial charge is 0.227 e. The molecule has 0 aliphatic carbocycles. The van der Waals surface area contributed by atoms with Gasteiger partial charge in [-0.15, -0.1) is 0 Å². The first kappa shape index (κ1) is 17.8. The number of benzene rings is 2. The van der Waals surface area contributed by atoms with Crippen molar-refractivity contribution in [2.45, 2.75) is 13.3 Å². The van der Waals surface area contributed by atoms with Crippen molar-refractivity contribution >= 4 is 32.6 Å². The Hall–Kier alpha value is -2.60. The first-order chi connectivity index (χ1) is 13.1. The normalized spacial score (nSPS) is 14.6. The topological polar surface area (TPSA) is 45.7 Å². The number of amides is 1. The highest BCUT2D eigenvalue weighted by atomic mass is 32.1. The van der Waals surface area contributed by atoms with Crippen LogP contribution in [-0.4, -0.2) is 49.1 Å². The molecule has 6 heteroatoms. The van der Waals surface area contributed by atoms with Crippen molar-refractivity contribution in [3.05, 3.63) is 53.6 Å². The van der Waals surface area contributed by atoms with E-state index in [-0.39, 0.29) is 5.91 Å². The molecule has 0 N–H and O–H groups in total. The van der Waals surface area contributed by atoms with E-state index in [2.05, 4.69) is 30.0 Å². The Morgan fingerprint density at radius 3 is 2.52 bits per heavy atom. The number of aryl methyl sites for hydroxylation is 1. The minimum absolute atomic E-state index is 0.181. The van der Waals surface area contributed by atoms with Crippen LogP contribution in [0, 0.1) is 6.92 Å². The van der Waals surface area contributed by atoms with Crippen molar-refractivity contribution in [1.82, 2.24) is 9.88 Å². The number of para-hydroxylation sites is 1. The lowest BCUT2D eigenvalue weighted by molar-refractivity contribution is -0.130. The van der Waals surface area contributed by atoms with Crippen molar-refractivity contribution in [2.75, 3.05) is 38.2 Å². The minimum Gasteiger partial charge on any atom is -0.497 e. The van der Waals surface area contributed by atoms with Crippen LogP contribution in [0.4, 0.5) is 5.13 Å². The maximum atomic E-state index is 12.6. The number of methoxy groups -OCH3 is 1. The highest BCUT2D eigenvalue weighted by molar-refractivity contribution is 7.22. The Kier molecular flexibility index (Phi) is 4.99. The van der Waals surface area contributed by atoms with Crippen LogP contribution in [0.2, 0.25) is 0 Å². The van der Waals surface area contributed by atoms with E-state index < -0.39 is 0 Å². The van der Waals surface area contributed by atoms with Gasteiger partial charge in [-0.1, -0.05) is 35.6 Å². The molecule has 0 bridgehead atoms. The lowest BCUT2D eigenvalue weighted by Crippen LogP contribution is -2.49. The average molecular weight is 382 g/mol. The summed E-state index contributed by atoms with van der Waals surface area (Å²) in [7, 11) is 1.65. The molecule has 2 heterocycles. The van der Waals surface area contributed by atoms with Gasteiger partial charge >= 0.3 is 0 Å². The SMILES string of the molecule is COc1ccc(CC(=O)N2CCN(c3nc4c(C)cccc4s3)CC2)cc1. The van der Waals surface area contributed by atoms with Gasteiger partial charge in [-0.2, -0.15) is 0 Å². The molecule has 0 saturated carbocycles. The summed E-state index contributed by atoms with van der Waals surface area (Å²) >= 11 is 1.73. The quantitative estimate of drug-likeness (QED) is 0.694. The first-order valence-corrected chi connectivity index (χ1v) is 9.97. The summed E-state index contributed by atoms with van der Waals surface area (Å²) in [5, 5.41) is 1.06. The predicted molar refractivity (Wildman–Crippen MR) is 110 cm³/mol. The number of rotatable bonds is 4. The molecule has 1 amide bonds. The number of anilines is 1. The second-order valence-electron chi connectivity index (χ2n) is 6.81. The van der Waals surface area contributed by atoms with Crippen molar-refractivity contribution in [2.24, 2.45) is 0 Å². The van der Waals surface area contributed by atoms with E-state index in [1.807, 2.05) is 29.2 Å². The van der Waals surface area contributed by atoms with Crippen LogP contribution in [-0.2, 0) is 11.2 Å². The summed E-state index contributed by atoms with van der Waals surface area (Å²) < 4.78 is 6.39. The zero-order valence-corrected chi connectivity index (χ0v) is 16.5. The summed E-state index contributed by atoms with van der Waals surface area (Å²) in [6.45, 7) is 5.23. The van der Waals surface area contributed by atoms with Gasteiger partial charge in [0, 0.05) is 26.2 Å². The van der Waals surface area contributed by atoms with Gasteiger partial charge in [0.05, 0.1) is 23.7 Å². The summed E-state index contributed by atoms with van der Waals surface area (Å²) in [5.41, 5.74) is 3.32. The van der Waals surface area contributed by atoms with E-state index in [1.165, 1.54) is 10.3 Å². The number of ether oxygens (including phenoxy) is 1. The molecule has 1 aliphatic rings. The third-order valence-corrected chi connectivity index (χ3v) is 6.11. The number of hydrogen-bond donors (Lipinski definition) is 0. The Balaban J connectivity index is 1.37. The third kappa shape index (κ3) is 3.76. The highest BCUT2D eigenvalue weighted by Crippen LogP contribution is 2.31. The van der Waals surface area contributed by atoms with Crippen LogP contribution < -0.4 is 9.64 Å². The van der Waals surface area contributed by atoms with Crippen LogP contribution >= 0.6 is 11.3 Å². The van der Waals surface area contributed by atoms with E-state index in [0.717, 1.165) is 48.1 Å². The summed E-state index contributed by atoms with van der Waals surface area (Å²) in [6, 6.07) is 14.0. The van der Waals surface area contributed by atoms with Crippen LogP contribution in [0.5, 0.6) is 5.75 Å². The summed E-state index contributed by atoms with van der Waals surface area (Å²) in [5.74, 6) is 0.992. The summed E-state index contributed by atoms with van der Waals surface area (Å²) in [6.07, 6.45) is 0.435. The highest BCUT2D eigenvalue weighted by Gasteiger charge is 2.23. The van der Waals surface area contributed by atoms with Gasteiger partial charge in [0.2, 0.25) is 5.91 Å². The molecule has 4 rings (SSSR count). The molecule has 3 aromatic rings. The molecule has 140 valence electrons. The molecule has 1 fully saturated rings. The van der Waals surface area contributed by atoms with Crippen molar-refractivity contribution in [1.29, 1.82) is 0 Å². The molecule has 0 atom stereocenters. The number of piperazine rings is 1. The largest absolute Gasteiger partial charge is 0.497 e. The van der Waals surface area contributed by atoms with Crippen molar-refractivity contribution in [3.8, 4) is 5.75 Å². The second kappa shape index (κ2) is 7.56. The third-order valence-electron chi connectivity index (χ3n) is 5.03. The standard InChI is InChI=1S/C21H23N3O2S/c1-15-4-3-5-18-20(15)22-21(27-18)24-12-10-23(11-13-24)19(25)14-16-6-8-17(26-2)9-7-16/h3-9H,10-14H2,1-2H3. The number of hydrogen-bond acceptors (Lipinski definition) is 5. The van der Waals surface area contributed by atoms with Gasteiger partial charge < -0.3 is 14.5 Å². The van der Waals surface area contributed by atoms with Crippen LogP contribution in [0.1, 0.15) is 11.1 Å². The lowest BCUT2D eigenvalue weighted by Gasteiger charge is -2.34. The van der Waals surface area contributed by atoms with Crippen molar-refractivity contribution < 1.29 is 9.53 Å². The van der Waals surface area contributed by atoms with E-state index in [0.29, 0.717) is 6.42 Å². The van der Waals surface area contributed by atoms with Crippen molar-refractivity contribution in [3.63, 3.8) is 0 Å². The zero-order chi connectivity index (χ0) is 18.8. The number of nitrogens with zero attached hydrogens (tertiary/aromatic N) is 3. The minimum atomic E-state index is 0.181. The average Bonchev–Trinajstić information content (AvgIpc) is 3.14. The van der Waals surface area contributed by atoms with E-state index >= 15 is 0 Å². The number of fused-ring (bicyclic) bond motifs is 1. The fraction of sp³-hybridized carbons (Fsp3) is 0.333. The number of aromatic nitrogens is 1. The van der Waals surface area contributed by atoms with Gasteiger partial charge in [-0.3, -0.25) is 4.79 Å². The fourth-order valence-corrected chi connectivity index (χ4v) is 4.48. The van der Waals surface area contributed by atoms with Gasteiger partial charge in [0.25, 0.3) is 0 Å². The van der Waals surface area contributed by atoms with Gasteiger partial charge in [0.1, 0.15) is 5.75 Å². The van der Waals surface area contributed by atoms with E-state index in [9.17, 15) is 4.79 Å². The van der Waals surface area contributed by atoms with Gasteiger partial charge in [0.15, 0.2) is 5.13 Å². The first-order valence-electron chi connectivity index (χ1n) is 9.16. The Morgan fingerprint density at radius 2 is 1.85 bits per heavy atom. The van der Waals surface area contributed by atoms with E-state index in [1.54, 1.807) is 18.4 Å². The molecule has 1 saturated heterocycles. The number of carbonyl (C=O) groups is 1. The van der Waals surface area contributed by atoms with Crippen LogP contribution in [0.3, 0.4) is 0 Å². The summed E-state index contributed by atoms with van der Waals surface area (Å²) in [4.78, 5) is 21.7. The second-order valence-corrected chi connectivity index (χ2v) is 7.82. The monoisotopic (exact) mass is 381 g/mol. The molecule has 27 heavy (non-hydrogen) atoms. The molecule has 1 aromatic heterocycles. The van der Waals surface area contributed by atoms with Gasteiger partial charge in [-0.05, 0) is 36.2 Å². The molecule has 1 aliphatic heterocycles.